The van der Waals surface area contributed by atoms with Gasteiger partial charge in [0.05, 0.1) is 10.9 Å². The van der Waals surface area contributed by atoms with Gasteiger partial charge in [0.15, 0.2) is 5.84 Å². The maximum atomic E-state index is 12.3. The largest absolute Gasteiger partial charge is 0.409 e. The Kier molecular flexibility index (Phi) is 4.71. The zero-order chi connectivity index (χ0) is 13.9. The van der Waals surface area contributed by atoms with Crippen molar-refractivity contribution >= 4 is 31.8 Å². The van der Waals surface area contributed by atoms with E-state index in [4.69, 9.17) is 10.9 Å². The Morgan fingerprint density at radius 1 is 1.56 bits per heavy atom. The molecule has 1 rings (SSSR count). The number of halogens is 1. The Bertz CT molecular complexity index is 559. The fourth-order valence-electron chi connectivity index (χ4n) is 1.27. The first-order valence-electron chi connectivity index (χ1n) is 5.01. The Labute approximate surface area is 114 Å². The average molecular weight is 336 g/mol. The molecule has 0 radical (unpaired) electrons. The second kappa shape index (κ2) is 5.68. The zero-order valence-corrected chi connectivity index (χ0v) is 12.3. The first-order valence-corrected chi connectivity index (χ1v) is 7.25. The van der Waals surface area contributed by atoms with Gasteiger partial charge in [-0.1, -0.05) is 27.2 Å². The van der Waals surface area contributed by atoms with Crippen LogP contribution in [-0.2, 0) is 10.0 Å². The Hall–Kier alpha value is -1.12. The van der Waals surface area contributed by atoms with Crippen LogP contribution in [0.1, 0.15) is 6.92 Å². The van der Waals surface area contributed by atoms with E-state index in [1.54, 1.807) is 12.1 Å². The van der Waals surface area contributed by atoms with Crippen molar-refractivity contribution in [3.05, 3.63) is 28.7 Å². The lowest BCUT2D eigenvalue weighted by molar-refractivity contribution is 0.311. The van der Waals surface area contributed by atoms with E-state index in [0.717, 1.165) is 4.31 Å². The Morgan fingerprint density at radius 3 is 2.67 bits per heavy atom. The quantitative estimate of drug-likeness (QED) is 0.374. The number of sulfonamides is 1. The van der Waals surface area contributed by atoms with Crippen molar-refractivity contribution in [2.75, 3.05) is 7.05 Å². The molecule has 0 aliphatic heterocycles. The molecule has 0 saturated carbocycles. The fraction of sp³-hybridized carbons (Fsp3) is 0.300. The lowest BCUT2D eigenvalue weighted by atomic mass is 10.3. The van der Waals surface area contributed by atoms with E-state index in [0.29, 0.717) is 4.47 Å². The highest BCUT2D eigenvalue weighted by Crippen LogP contribution is 2.20. The molecule has 0 aliphatic rings. The first kappa shape index (κ1) is 14.9. The highest BCUT2D eigenvalue weighted by Gasteiger charge is 2.27. The van der Waals surface area contributed by atoms with Crippen LogP contribution in [0.15, 0.2) is 38.8 Å². The molecular weight excluding hydrogens is 322 g/mol. The van der Waals surface area contributed by atoms with Gasteiger partial charge in [0.25, 0.3) is 0 Å². The van der Waals surface area contributed by atoms with E-state index in [2.05, 4.69) is 21.1 Å². The number of benzene rings is 1. The van der Waals surface area contributed by atoms with E-state index < -0.39 is 16.1 Å². The summed E-state index contributed by atoms with van der Waals surface area (Å²) in [5, 5.41) is 11.4. The van der Waals surface area contributed by atoms with Crippen molar-refractivity contribution in [2.24, 2.45) is 10.9 Å². The average Bonchev–Trinajstić information content (AvgIpc) is 2.35. The van der Waals surface area contributed by atoms with Crippen molar-refractivity contribution in [2.45, 2.75) is 17.9 Å². The Balaban J connectivity index is 3.15. The molecule has 100 valence electrons. The highest BCUT2D eigenvalue weighted by atomic mass is 79.9. The molecule has 3 N–H and O–H groups in total. The minimum Gasteiger partial charge on any atom is -0.409 e. The molecule has 6 nitrogen and oxygen atoms in total. The zero-order valence-electron chi connectivity index (χ0n) is 9.91. The molecule has 0 aromatic heterocycles. The SMILES string of the molecule is CC(C(N)=NO)N(C)S(=O)(=O)c1cccc(Br)c1. The second-order valence-corrected chi connectivity index (χ2v) is 6.59. The van der Waals surface area contributed by atoms with Crippen LogP contribution in [-0.4, -0.2) is 36.9 Å². The molecule has 1 aromatic rings. The van der Waals surface area contributed by atoms with Gasteiger partial charge in [-0.05, 0) is 25.1 Å². The van der Waals surface area contributed by atoms with Crippen LogP contribution in [0.2, 0.25) is 0 Å². The maximum absolute atomic E-state index is 12.3. The van der Waals surface area contributed by atoms with E-state index in [1.807, 2.05) is 0 Å². The van der Waals surface area contributed by atoms with Gasteiger partial charge in [0.1, 0.15) is 0 Å². The van der Waals surface area contributed by atoms with E-state index in [-0.39, 0.29) is 10.7 Å². The highest BCUT2D eigenvalue weighted by molar-refractivity contribution is 9.10. The second-order valence-electron chi connectivity index (χ2n) is 3.68. The van der Waals surface area contributed by atoms with Gasteiger partial charge >= 0.3 is 0 Å². The third-order valence-corrected chi connectivity index (χ3v) is 4.98. The molecule has 8 heteroatoms. The molecule has 1 aromatic carbocycles. The van der Waals surface area contributed by atoms with Gasteiger partial charge < -0.3 is 10.9 Å². The number of nitrogens with two attached hydrogens (primary N) is 1. The number of oxime groups is 1. The summed E-state index contributed by atoms with van der Waals surface area (Å²) in [4.78, 5) is 0.136. The summed E-state index contributed by atoms with van der Waals surface area (Å²) in [6, 6.07) is 5.59. The van der Waals surface area contributed by atoms with E-state index >= 15 is 0 Å². The normalized spacial score (nSPS) is 14.8. The number of likely N-dealkylation sites (N-methyl/N-ethyl adjacent to an activating group) is 1. The van der Waals surface area contributed by atoms with Crippen LogP contribution < -0.4 is 5.73 Å². The van der Waals surface area contributed by atoms with Crippen molar-refractivity contribution in [1.29, 1.82) is 0 Å². The summed E-state index contributed by atoms with van der Waals surface area (Å²) in [6.45, 7) is 1.53. The summed E-state index contributed by atoms with van der Waals surface area (Å²) >= 11 is 3.21. The van der Waals surface area contributed by atoms with Crippen LogP contribution >= 0.6 is 15.9 Å². The van der Waals surface area contributed by atoms with Gasteiger partial charge in [-0.25, -0.2) is 8.42 Å². The molecule has 1 atom stereocenters. The summed E-state index contributed by atoms with van der Waals surface area (Å²) in [5.74, 6) is -0.170. The molecule has 0 spiro atoms. The van der Waals surface area contributed by atoms with Gasteiger partial charge in [-0.2, -0.15) is 4.31 Å². The molecule has 0 heterocycles. The molecular formula is C10H14BrN3O3S. The Morgan fingerprint density at radius 2 is 2.17 bits per heavy atom. The molecule has 0 bridgehead atoms. The summed E-state index contributed by atoms with van der Waals surface area (Å²) < 4.78 is 26.2. The predicted octanol–water partition coefficient (Wildman–Crippen LogP) is 1.20. The third-order valence-electron chi connectivity index (χ3n) is 2.56. The van der Waals surface area contributed by atoms with Crippen molar-refractivity contribution in [3.63, 3.8) is 0 Å². The fourth-order valence-corrected chi connectivity index (χ4v) is 3.21. The van der Waals surface area contributed by atoms with Gasteiger partial charge in [-0.3, -0.25) is 0 Å². The monoisotopic (exact) mass is 335 g/mol. The minimum absolute atomic E-state index is 0.136. The summed E-state index contributed by atoms with van der Waals surface area (Å²) in [6.07, 6.45) is 0. The molecule has 1 unspecified atom stereocenters. The number of hydrogen-bond donors (Lipinski definition) is 2. The minimum atomic E-state index is -3.68. The topological polar surface area (TPSA) is 96.0 Å². The molecule has 0 saturated heterocycles. The number of amidine groups is 1. The molecule has 0 fully saturated rings. The van der Waals surface area contributed by atoms with Crippen molar-refractivity contribution in [1.82, 2.24) is 4.31 Å². The smallest absolute Gasteiger partial charge is 0.243 e. The lowest BCUT2D eigenvalue weighted by Gasteiger charge is -2.23. The van der Waals surface area contributed by atoms with Crippen molar-refractivity contribution in [3.8, 4) is 0 Å². The maximum Gasteiger partial charge on any atom is 0.243 e. The van der Waals surface area contributed by atoms with E-state index in [1.165, 1.54) is 26.1 Å². The number of hydrogen-bond acceptors (Lipinski definition) is 4. The first-order chi connectivity index (χ1) is 8.30. The van der Waals surface area contributed by atoms with Crippen LogP contribution in [0.5, 0.6) is 0 Å². The summed E-state index contributed by atoms with van der Waals surface area (Å²) in [5.41, 5.74) is 5.41. The van der Waals surface area contributed by atoms with Gasteiger partial charge in [0, 0.05) is 11.5 Å². The standard InChI is InChI=1S/C10H14BrN3O3S/c1-7(10(12)13-15)14(2)18(16,17)9-5-3-4-8(11)6-9/h3-7,15H,1-2H3,(H2,12,13). The predicted molar refractivity (Wildman–Crippen MR) is 72.0 cm³/mol. The molecule has 0 amide bonds. The van der Waals surface area contributed by atoms with Crippen LogP contribution in [0.4, 0.5) is 0 Å². The van der Waals surface area contributed by atoms with Crippen LogP contribution in [0, 0.1) is 0 Å². The number of nitrogens with zero attached hydrogens (tertiary/aromatic N) is 2. The lowest BCUT2D eigenvalue weighted by Crippen LogP contribution is -2.43. The molecule has 18 heavy (non-hydrogen) atoms. The third kappa shape index (κ3) is 3.01. The number of rotatable bonds is 4. The molecule has 0 aliphatic carbocycles. The van der Waals surface area contributed by atoms with Crippen LogP contribution in [0.3, 0.4) is 0 Å². The summed E-state index contributed by atoms with van der Waals surface area (Å²) in [7, 11) is -2.31. The van der Waals surface area contributed by atoms with Gasteiger partial charge in [0.2, 0.25) is 10.0 Å². The van der Waals surface area contributed by atoms with Crippen LogP contribution in [0.25, 0.3) is 0 Å². The van der Waals surface area contributed by atoms with Crippen molar-refractivity contribution < 1.29 is 13.6 Å². The van der Waals surface area contributed by atoms with E-state index in [9.17, 15) is 8.42 Å². The van der Waals surface area contributed by atoms with Gasteiger partial charge in [-0.15, -0.1) is 0 Å².